The number of amides is 2. The lowest BCUT2D eigenvalue weighted by atomic mass is 9.82. The molecule has 4 rings (SSSR count). The van der Waals surface area contributed by atoms with Crippen LogP contribution in [0.15, 0.2) is 30.3 Å². The van der Waals surface area contributed by atoms with Crippen LogP contribution in [0.2, 0.25) is 0 Å². The van der Waals surface area contributed by atoms with E-state index in [0.717, 1.165) is 44.0 Å². The van der Waals surface area contributed by atoms with E-state index in [4.69, 9.17) is 0 Å². The van der Waals surface area contributed by atoms with Crippen molar-refractivity contribution >= 4 is 11.8 Å². The first-order chi connectivity index (χ1) is 11.7. The minimum absolute atomic E-state index is 0.0791. The van der Waals surface area contributed by atoms with E-state index in [1.807, 2.05) is 35.2 Å². The van der Waals surface area contributed by atoms with Crippen molar-refractivity contribution in [3.63, 3.8) is 0 Å². The molecule has 24 heavy (non-hydrogen) atoms. The summed E-state index contributed by atoms with van der Waals surface area (Å²) in [5.74, 6) is 1.02. The number of hydrogen-bond donors (Lipinski definition) is 1. The second-order valence-corrected chi connectivity index (χ2v) is 7.34. The van der Waals surface area contributed by atoms with E-state index in [-0.39, 0.29) is 11.8 Å². The summed E-state index contributed by atoms with van der Waals surface area (Å²) in [6.07, 6.45) is 4.08. The number of piperazine rings is 1. The quantitative estimate of drug-likeness (QED) is 0.915. The van der Waals surface area contributed by atoms with Gasteiger partial charge in [0.1, 0.15) is 5.54 Å². The van der Waals surface area contributed by atoms with Crippen molar-refractivity contribution < 1.29 is 9.59 Å². The number of likely N-dealkylation sites (tertiary alicyclic amines) is 1. The van der Waals surface area contributed by atoms with E-state index in [1.54, 1.807) is 0 Å². The molecule has 1 aromatic rings. The van der Waals surface area contributed by atoms with Gasteiger partial charge in [-0.2, -0.15) is 0 Å². The molecule has 3 fully saturated rings. The Hall–Kier alpha value is -1.88. The van der Waals surface area contributed by atoms with Gasteiger partial charge in [0.25, 0.3) is 5.91 Å². The van der Waals surface area contributed by atoms with Crippen molar-refractivity contribution in [2.24, 2.45) is 5.92 Å². The van der Waals surface area contributed by atoms with Crippen LogP contribution >= 0.6 is 0 Å². The Morgan fingerprint density at radius 1 is 1.12 bits per heavy atom. The van der Waals surface area contributed by atoms with Crippen molar-refractivity contribution in [2.75, 3.05) is 32.7 Å². The van der Waals surface area contributed by atoms with Gasteiger partial charge in [-0.1, -0.05) is 18.2 Å². The van der Waals surface area contributed by atoms with Gasteiger partial charge in [0, 0.05) is 38.3 Å². The highest BCUT2D eigenvalue weighted by molar-refractivity contribution is 5.94. The van der Waals surface area contributed by atoms with Gasteiger partial charge in [-0.15, -0.1) is 0 Å². The monoisotopic (exact) mass is 327 g/mol. The zero-order chi connectivity index (χ0) is 16.6. The highest BCUT2D eigenvalue weighted by atomic mass is 16.2. The zero-order valence-corrected chi connectivity index (χ0v) is 14.0. The number of carbonyl (C=O) groups is 2. The number of piperidine rings is 1. The molecule has 1 N–H and O–H groups in total. The zero-order valence-electron chi connectivity index (χ0n) is 14.0. The Bertz CT molecular complexity index is 619. The van der Waals surface area contributed by atoms with Gasteiger partial charge in [0.15, 0.2) is 0 Å². The molecular weight excluding hydrogens is 302 g/mol. The van der Waals surface area contributed by atoms with Crippen molar-refractivity contribution in [1.29, 1.82) is 0 Å². The normalized spacial score (nSPS) is 24.0. The lowest BCUT2D eigenvalue weighted by molar-refractivity contribution is -0.141. The smallest absolute Gasteiger partial charge is 0.253 e. The standard InChI is InChI=1S/C19H25N3O2/c23-17(16-4-2-1-3-5-16)21-11-8-19(9-12-21)18(24)20-10-13-22(19)14-15-6-7-15/h1-5,15H,6-14H2,(H,20,24). The van der Waals surface area contributed by atoms with E-state index < -0.39 is 5.54 Å². The molecule has 128 valence electrons. The molecule has 1 spiro atoms. The van der Waals surface area contributed by atoms with Crippen molar-refractivity contribution in [3.8, 4) is 0 Å². The molecule has 2 heterocycles. The summed E-state index contributed by atoms with van der Waals surface area (Å²) in [6.45, 7) is 4.04. The van der Waals surface area contributed by atoms with Crippen LogP contribution in [0, 0.1) is 5.92 Å². The fraction of sp³-hybridized carbons (Fsp3) is 0.579. The maximum atomic E-state index is 12.7. The number of nitrogens with one attached hydrogen (secondary N) is 1. The molecule has 0 aromatic heterocycles. The number of nitrogens with zero attached hydrogens (tertiary/aromatic N) is 2. The molecule has 1 aromatic carbocycles. The topological polar surface area (TPSA) is 52.7 Å². The first-order valence-electron chi connectivity index (χ1n) is 9.07. The molecule has 1 saturated carbocycles. The molecule has 0 radical (unpaired) electrons. The van der Waals surface area contributed by atoms with E-state index in [2.05, 4.69) is 10.2 Å². The van der Waals surface area contributed by atoms with Gasteiger partial charge >= 0.3 is 0 Å². The van der Waals surface area contributed by atoms with Crippen molar-refractivity contribution in [2.45, 2.75) is 31.2 Å². The molecule has 0 bridgehead atoms. The first kappa shape index (κ1) is 15.6. The van der Waals surface area contributed by atoms with Crippen molar-refractivity contribution in [3.05, 3.63) is 35.9 Å². The summed E-state index contributed by atoms with van der Waals surface area (Å²) in [6, 6.07) is 9.43. The van der Waals surface area contributed by atoms with E-state index >= 15 is 0 Å². The molecule has 0 unspecified atom stereocenters. The summed E-state index contributed by atoms with van der Waals surface area (Å²) < 4.78 is 0. The highest BCUT2D eigenvalue weighted by Crippen LogP contribution is 2.37. The third kappa shape index (κ3) is 2.81. The molecule has 2 aliphatic heterocycles. The molecule has 5 nitrogen and oxygen atoms in total. The Labute approximate surface area is 143 Å². The fourth-order valence-corrected chi connectivity index (χ4v) is 4.09. The number of rotatable bonds is 3. The molecule has 5 heteroatoms. The van der Waals surface area contributed by atoms with E-state index in [1.165, 1.54) is 12.8 Å². The summed E-state index contributed by atoms with van der Waals surface area (Å²) in [5, 5.41) is 3.06. The average molecular weight is 327 g/mol. The van der Waals surface area contributed by atoms with Crippen LogP contribution in [0.1, 0.15) is 36.0 Å². The molecule has 2 amide bonds. The molecule has 0 atom stereocenters. The lowest BCUT2D eigenvalue weighted by Gasteiger charge is -2.50. The van der Waals surface area contributed by atoms with E-state index in [9.17, 15) is 9.59 Å². The number of hydrogen-bond acceptors (Lipinski definition) is 3. The predicted molar refractivity (Wildman–Crippen MR) is 91.6 cm³/mol. The minimum atomic E-state index is -0.395. The third-order valence-corrected chi connectivity index (χ3v) is 5.77. The Balaban J connectivity index is 1.46. The number of carbonyl (C=O) groups excluding carboxylic acids is 2. The lowest BCUT2D eigenvalue weighted by Crippen LogP contribution is -2.68. The summed E-state index contributed by atoms with van der Waals surface area (Å²) in [5.41, 5.74) is 0.338. The maximum absolute atomic E-state index is 12.7. The van der Waals surface area contributed by atoms with Gasteiger partial charge < -0.3 is 10.2 Å². The van der Waals surface area contributed by atoms with Gasteiger partial charge in [-0.05, 0) is 43.7 Å². The van der Waals surface area contributed by atoms with Crippen LogP contribution in [0.4, 0.5) is 0 Å². The largest absolute Gasteiger partial charge is 0.353 e. The average Bonchev–Trinajstić information content (AvgIpc) is 3.44. The Morgan fingerprint density at radius 2 is 1.83 bits per heavy atom. The van der Waals surface area contributed by atoms with E-state index in [0.29, 0.717) is 13.1 Å². The SMILES string of the molecule is O=C(c1ccccc1)N1CCC2(CC1)C(=O)NCCN2CC1CC1. The van der Waals surface area contributed by atoms with Crippen molar-refractivity contribution in [1.82, 2.24) is 15.1 Å². The van der Waals surface area contributed by atoms with Crippen LogP contribution in [-0.2, 0) is 4.79 Å². The number of benzene rings is 1. The second kappa shape index (κ2) is 6.20. The second-order valence-electron chi connectivity index (χ2n) is 7.34. The molecule has 1 aliphatic carbocycles. The highest BCUT2D eigenvalue weighted by Gasteiger charge is 2.49. The van der Waals surface area contributed by atoms with Crippen LogP contribution in [0.5, 0.6) is 0 Å². The van der Waals surface area contributed by atoms with Gasteiger partial charge in [0.05, 0.1) is 0 Å². The maximum Gasteiger partial charge on any atom is 0.253 e. The predicted octanol–water partition coefficient (Wildman–Crippen LogP) is 1.50. The molecule has 2 saturated heterocycles. The molecular formula is C19H25N3O2. The Morgan fingerprint density at radius 3 is 2.50 bits per heavy atom. The van der Waals surface area contributed by atoms with Crippen LogP contribution < -0.4 is 5.32 Å². The summed E-state index contributed by atoms with van der Waals surface area (Å²) >= 11 is 0. The fourth-order valence-electron chi connectivity index (χ4n) is 4.09. The summed E-state index contributed by atoms with van der Waals surface area (Å²) in [4.78, 5) is 29.6. The van der Waals surface area contributed by atoms with Crippen LogP contribution in [0.25, 0.3) is 0 Å². The van der Waals surface area contributed by atoms with Crippen LogP contribution in [0.3, 0.4) is 0 Å². The van der Waals surface area contributed by atoms with Gasteiger partial charge in [0.2, 0.25) is 5.91 Å². The van der Waals surface area contributed by atoms with Crippen LogP contribution in [-0.4, -0.2) is 59.9 Å². The van der Waals surface area contributed by atoms with Gasteiger partial charge in [-0.3, -0.25) is 14.5 Å². The minimum Gasteiger partial charge on any atom is -0.353 e. The Kier molecular flexibility index (Phi) is 4.04. The summed E-state index contributed by atoms with van der Waals surface area (Å²) in [7, 11) is 0. The van der Waals surface area contributed by atoms with Gasteiger partial charge in [-0.25, -0.2) is 0 Å². The third-order valence-electron chi connectivity index (χ3n) is 5.77. The first-order valence-corrected chi connectivity index (χ1v) is 9.07. The molecule has 3 aliphatic rings.